The third-order valence-electron chi connectivity index (χ3n) is 6.12. The predicted octanol–water partition coefficient (Wildman–Crippen LogP) is 4.96. The molecule has 4 rings (SSSR count). The van der Waals surface area contributed by atoms with E-state index >= 15 is 0 Å². The molecule has 1 saturated carbocycles. The number of hydrogen-bond donors (Lipinski definition) is 0. The fourth-order valence-electron chi connectivity index (χ4n) is 4.48. The van der Waals surface area contributed by atoms with Gasteiger partial charge in [-0.2, -0.15) is 0 Å². The molecule has 0 bridgehead atoms. The van der Waals surface area contributed by atoms with Crippen LogP contribution in [-0.2, 0) is 6.61 Å². The van der Waals surface area contributed by atoms with Gasteiger partial charge in [-0.1, -0.05) is 48.9 Å². The third-order valence-corrected chi connectivity index (χ3v) is 6.41. The molecule has 29 heavy (non-hydrogen) atoms. The van der Waals surface area contributed by atoms with Gasteiger partial charge in [-0.05, 0) is 30.4 Å². The number of hydrogen-bond acceptors (Lipinski definition) is 5. The number of methoxy groups -OCH3 is 1. The molecular weight excluding hydrogens is 392 g/mol. The Balaban J connectivity index is 1.32. The van der Waals surface area contributed by atoms with Crippen molar-refractivity contribution in [1.82, 2.24) is 10.1 Å². The summed E-state index contributed by atoms with van der Waals surface area (Å²) in [6, 6.07) is 6.85. The lowest BCUT2D eigenvalue weighted by molar-refractivity contribution is 0.0769. The van der Waals surface area contributed by atoms with Crippen molar-refractivity contribution in [3.8, 4) is 11.5 Å². The molecule has 1 aromatic heterocycles. The molecule has 1 aliphatic heterocycles. The van der Waals surface area contributed by atoms with Gasteiger partial charge < -0.3 is 18.9 Å². The molecule has 1 aromatic carbocycles. The summed E-state index contributed by atoms with van der Waals surface area (Å²) in [5, 5.41) is 4.41. The van der Waals surface area contributed by atoms with Crippen LogP contribution in [0.25, 0.3) is 0 Å². The van der Waals surface area contributed by atoms with E-state index in [0.29, 0.717) is 33.9 Å². The normalized spacial score (nSPS) is 20.1. The molecule has 2 fully saturated rings. The predicted molar refractivity (Wildman–Crippen MR) is 109 cm³/mol. The number of likely N-dealkylation sites (tertiary alicyclic amines) is 1. The molecule has 0 N–H and O–H groups in total. The second-order valence-electron chi connectivity index (χ2n) is 7.96. The number of nitrogens with zero attached hydrogens (tertiary/aromatic N) is 2. The molecule has 1 amide bonds. The number of benzene rings is 1. The van der Waals surface area contributed by atoms with Crippen molar-refractivity contribution in [3.63, 3.8) is 0 Å². The number of carbonyl (C=O) groups excluding carboxylic acids is 1. The first-order chi connectivity index (χ1) is 14.1. The zero-order valence-corrected chi connectivity index (χ0v) is 17.5. The van der Waals surface area contributed by atoms with E-state index in [4.69, 9.17) is 25.6 Å². The Morgan fingerprint density at radius 1 is 1.21 bits per heavy atom. The molecule has 156 valence electrons. The molecule has 7 heteroatoms. The van der Waals surface area contributed by atoms with Crippen molar-refractivity contribution in [3.05, 3.63) is 40.7 Å². The lowest BCUT2D eigenvalue weighted by Gasteiger charge is -2.27. The van der Waals surface area contributed by atoms with E-state index in [1.54, 1.807) is 31.4 Å². The minimum absolute atomic E-state index is 0.0548. The van der Waals surface area contributed by atoms with Gasteiger partial charge in [0.25, 0.3) is 5.91 Å². The van der Waals surface area contributed by atoms with Gasteiger partial charge in [0.2, 0.25) is 0 Å². The average molecular weight is 419 g/mol. The van der Waals surface area contributed by atoms with Crippen LogP contribution < -0.4 is 9.47 Å². The highest BCUT2D eigenvalue weighted by molar-refractivity contribution is 6.32. The molecule has 2 aromatic rings. The summed E-state index contributed by atoms with van der Waals surface area (Å²) < 4.78 is 16.1. The SMILES string of the molecule is COc1ccc(OCc2cc(C(=O)N3CC[C@H](C4CCCCC4)C3)no2)c(Cl)c1. The first-order valence-corrected chi connectivity index (χ1v) is 10.7. The van der Waals surface area contributed by atoms with Crippen molar-refractivity contribution in [2.75, 3.05) is 20.2 Å². The van der Waals surface area contributed by atoms with E-state index < -0.39 is 0 Å². The molecule has 0 spiro atoms. The van der Waals surface area contributed by atoms with Gasteiger partial charge in [-0.15, -0.1) is 0 Å². The molecular formula is C22H27ClN2O4. The fraction of sp³-hybridized carbons (Fsp3) is 0.545. The number of aromatic nitrogens is 1. The Bertz CT molecular complexity index is 847. The zero-order valence-electron chi connectivity index (χ0n) is 16.7. The van der Waals surface area contributed by atoms with Crippen LogP contribution in [0.2, 0.25) is 5.02 Å². The molecule has 0 radical (unpaired) electrons. The topological polar surface area (TPSA) is 64.8 Å². The van der Waals surface area contributed by atoms with Gasteiger partial charge in [-0.3, -0.25) is 4.79 Å². The highest BCUT2D eigenvalue weighted by Gasteiger charge is 2.33. The maximum Gasteiger partial charge on any atom is 0.276 e. The number of amides is 1. The lowest BCUT2D eigenvalue weighted by atomic mass is 9.80. The number of halogens is 1. The smallest absolute Gasteiger partial charge is 0.276 e. The van der Waals surface area contributed by atoms with Crippen LogP contribution in [0.5, 0.6) is 11.5 Å². The van der Waals surface area contributed by atoms with Gasteiger partial charge >= 0.3 is 0 Å². The van der Waals surface area contributed by atoms with E-state index in [1.165, 1.54) is 32.1 Å². The van der Waals surface area contributed by atoms with Crippen molar-refractivity contribution < 1.29 is 18.8 Å². The van der Waals surface area contributed by atoms with Gasteiger partial charge in [0.15, 0.2) is 11.5 Å². The van der Waals surface area contributed by atoms with Crippen LogP contribution >= 0.6 is 11.6 Å². The second-order valence-corrected chi connectivity index (χ2v) is 8.37. The Hall–Kier alpha value is -2.21. The molecule has 1 atom stereocenters. The van der Waals surface area contributed by atoms with Crippen molar-refractivity contribution in [2.45, 2.75) is 45.1 Å². The van der Waals surface area contributed by atoms with Crippen LogP contribution in [0.1, 0.15) is 54.8 Å². The van der Waals surface area contributed by atoms with Gasteiger partial charge in [0, 0.05) is 25.2 Å². The average Bonchev–Trinajstić information content (AvgIpc) is 3.43. The Labute approximate surface area is 176 Å². The third kappa shape index (κ3) is 4.69. The number of rotatable bonds is 6. The number of carbonyl (C=O) groups is 1. The molecule has 2 aliphatic rings. The standard InChI is InChI=1S/C22H27ClN2O4/c1-27-17-7-8-21(19(23)11-17)28-14-18-12-20(24-29-18)22(26)25-10-9-16(13-25)15-5-3-2-4-6-15/h7-8,11-12,15-16H,2-6,9-10,13-14H2,1H3/t16-/m0/s1. The molecule has 1 aliphatic carbocycles. The van der Waals surface area contributed by atoms with E-state index in [1.807, 2.05) is 4.90 Å². The molecule has 6 nitrogen and oxygen atoms in total. The van der Waals surface area contributed by atoms with Crippen molar-refractivity contribution in [1.29, 1.82) is 0 Å². The Morgan fingerprint density at radius 3 is 2.79 bits per heavy atom. The maximum atomic E-state index is 12.8. The minimum atomic E-state index is -0.0548. The quantitative estimate of drug-likeness (QED) is 0.663. The summed E-state index contributed by atoms with van der Waals surface area (Å²) >= 11 is 6.18. The highest BCUT2D eigenvalue weighted by Crippen LogP contribution is 2.35. The van der Waals surface area contributed by atoms with Crippen molar-refractivity contribution >= 4 is 17.5 Å². The fourth-order valence-corrected chi connectivity index (χ4v) is 4.71. The van der Waals surface area contributed by atoms with Crippen LogP contribution in [0, 0.1) is 11.8 Å². The summed E-state index contributed by atoms with van der Waals surface area (Å²) in [4.78, 5) is 14.7. The van der Waals surface area contributed by atoms with Gasteiger partial charge in [0.05, 0.1) is 12.1 Å². The second kappa shape index (κ2) is 9.08. The summed E-state index contributed by atoms with van der Waals surface area (Å²) in [5.74, 6) is 3.02. The lowest BCUT2D eigenvalue weighted by Crippen LogP contribution is -2.30. The van der Waals surface area contributed by atoms with E-state index in [2.05, 4.69) is 5.16 Å². The first kappa shape index (κ1) is 20.1. The highest BCUT2D eigenvalue weighted by atomic mass is 35.5. The van der Waals surface area contributed by atoms with E-state index in [9.17, 15) is 4.79 Å². The van der Waals surface area contributed by atoms with E-state index in [-0.39, 0.29) is 12.5 Å². The van der Waals surface area contributed by atoms with Crippen LogP contribution in [-0.4, -0.2) is 36.2 Å². The minimum Gasteiger partial charge on any atom is -0.497 e. The summed E-state index contributed by atoms with van der Waals surface area (Å²) in [6.45, 7) is 1.79. The molecule has 1 saturated heterocycles. The van der Waals surface area contributed by atoms with Crippen LogP contribution in [0.3, 0.4) is 0 Å². The number of ether oxygens (including phenoxy) is 2. The van der Waals surface area contributed by atoms with Gasteiger partial charge in [-0.25, -0.2) is 0 Å². The maximum absolute atomic E-state index is 12.8. The van der Waals surface area contributed by atoms with Crippen molar-refractivity contribution in [2.24, 2.45) is 11.8 Å². The molecule has 0 unspecified atom stereocenters. The first-order valence-electron chi connectivity index (χ1n) is 10.3. The van der Waals surface area contributed by atoms with Crippen LogP contribution in [0.15, 0.2) is 28.8 Å². The monoisotopic (exact) mass is 418 g/mol. The zero-order chi connectivity index (χ0) is 20.2. The summed E-state index contributed by atoms with van der Waals surface area (Å²) in [7, 11) is 1.58. The van der Waals surface area contributed by atoms with E-state index in [0.717, 1.165) is 25.4 Å². The summed E-state index contributed by atoms with van der Waals surface area (Å²) in [5.41, 5.74) is 0.341. The Morgan fingerprint density at radius 2 is 2.03 bits per heavy atom. The summed E-state index contributed by atoms with van der Waals surface area (Å²) in [6.07, 6.45) is 7.75. The van der Waals surface area contributed by atoms with Crippen LogP contribution in [0.4, 0.5) is 0 Å². The van der Waals surface area contributed by atoms with Gasteiger partial charge in [0.1, 0.15) is 18.1 Å². The molecule has 2 heterocycles. The Kier molecular flexibility index (Phi) is 6.28. The largest absolute Gasteiger partial charge is 0.497 e.